The summed E-state index contributed by atoms with van der Waals surface area (Å²) in [5.74, 6) is 0.256. The summed E-state index contributed by atoms with van der Waals surface area (Å²) < 4.78 is 26.8. The van der Waals surface area contributed by atoms with E-state index in [0.29, 0.717) is 0 Å². The van der Waals surface area contributed by atoms with Gasteiger partial charge in [0.15, 0.2) is 0 Å². The Hall–Kier alpha value is -1.14. The second-order valence-corrected chi connectivity index (χ2v) is 5.95. The summed E-state index contributed by atoms with van der Waals surface area (Å²) in [5, 5.41) is 0. The molecule has 0 aliphatic rings. The molecule has 0 aliphatic heterocycles. The molecular formula is C11H19N3O2S. The van der Waals surface area contributed by atoms with E-state index in [2.05, 4.69) is 9.71 Å². The lowest BCUT2D eigenvalue weighted by Crippen LogP contribution is -2.38. The lowest BCUT2D eigenvalue weighted by atomic mass is 10.0. The zero-order valence-electron chi connectivity index (χ0n) is 10.3. The molecule has 0 spiro atoms. The van der Waals surface area contributed by atoms with Crippen LogP contribution in [0.25, 0.3) is 0 Å². The van der Waals surface area contributed by atoms with Crippen molar-refractivity contribution >= 4 is 15.8 Å². The summed E-state index contributed by atoms with van der Waals surface area (Å²) >= 11 is 0. The van der Waals surface area contributed by atoms with Gasteiger partial charge in [0.05, 0.1) is 0 Å². The number of sulfonamides is 1. The third kappa shape index (κ3) is 3.41. The number of nitrogens with zero attached hydrogens (tertiary/aromatic N) is 1. The number of aromatic nitrogens is 1. The number of anilines is 1. The summed E-state index contributed by atoms with van der Waals surface area (Å²) in [6.07, 6.45) is 2.20. The monoisotopic (exact) mass is 257 g/mol. The predicted octanol–water partition coefficient (Wildman–Crippen LogP) is 1.38. The molecule has 5 nitrogen and oxygen atoms in total. The minimum absolute atomic E-state index is 0.0265. The molecule has 6 heteroatoms. The number of hydrogen-bond acceptors (Lipinski definition) is 4. The van der Waals surface area contributed by atoms with E-state index < -0.39 is 10.0 Å². The van der Waals surface area contributed by atoms with E-state index in [-0.39, 0.29) is 22.7 Å². The Bertz CT molecular complexity index is 471. The van der Waals surface area contributed by atoms with Gasteiger partial charge in [-0.05, 0) is 24.5 Å². The highest BCUT2D eigenvalue weighted by Gasteiger charge is 2.23. The number of nitrogens with one attached hydrogen (secondary N) is 1. The summed E-state index contributed by atoms with van der Waals surface area (Å²) in [5.41, 5.74) is 5.57. The highest BCUT2D eigenvalue weighted by atomic mass is 32.2. The largest absolute Gasteiger partial charge is 0.383 e. The van der Waals surface area contributed by atoms with Gasteiger partial charge in [-0.3, -0.25) is 0 Å². The maximum Gasteiger partial charge on any atom is 0.244 e. The molecule has 1 atom stereocenters. The lowest BCUT2D eigenvalue weighted by Gasteiger charge is -2.20. The molecule has 1 heterocycles. The molecule has 1 unspecified atom stereocenters. The molecule has 0 saturated heterocycles. The second kappa shape index (κ2) is 5.46. The zero-order valence-corrected chi connectivity index (χ0v) is 11.2. The second-order valence-electron chi connectivity index (χ2n) is 4.27. The van der Waals surface area contributed by atoms with Crippen molar-refractivity contribution in [2.75, 3.05) is 5.73 Å². The van der Waals surface area contributed by atoms with Crippen molar-refractivity contribution in [1.29, 1.82) is 0 Å². The highest BCUT2D eigenvalue weighted by Crippen LogP contribution is 2.17. The summed E-state index contributed by atoms with van der Waals surface area (Å²) in [7, 11) is -3.58. The highest BCUT2D eigenvalue weighted by molar-refractivity contribution is 7.89. The van der Waals surface area contributed by atoms with Crippen LogP contribution in [0.15, 0.2) is 23.2 Å². The molecule has 0 bridgehead atoms. The van der Waals surface area contributed by atoms with Gasteiger partial charge in [-0.15, -0.1) is 0 Å². The van der Waals surface area contributed by atoms with Crippen molar-refractivity contribution in [1.82, 2.24) is 9.71 Å². The average Bonchev–Trinajstić information content (AvgIpc) is 2.26. The van der Waals surface area contributed by atoms with Crippen LogP contribution in [0, 0.1) is 5.92 Å². The molecule has 0 amide bonds. The lowest BCUT2D eigenvalue weighted by molar-refractivity contribution is 0.437. The SMILES string of the molecule is CCC(NS(=O)(=O)c1cccnc1N)C(C)C. The van der Waals surface area contributed by atoms with Gasteiger partial charge in [-0.25, -0.2) is 18.1 Å². The molecular weight excluding hydrogens is 238 g/mol. The van der Waals surface area contributed by atoms with Crippen LogP contribution in [0.5, 0.6) is 0 Å². The van der Waals surface area contributed by atoms with Crippen LogP contribution in [0.3, 0.4) is 0 Å². The first-order chi connectivity index (χ1) is 7.88. The van der Waals surface area contributed by atoms with Crippen molar-refractivity contribution in [2.45, 2.75) is 38.1 Å². The van der Waals surface area contributed by atoms with E-state index in [1.54, 1.807) is 6.07 Å². The first-order valence-corrected chi connectivity index (χ1v) is 7.09. The van der Waals surface area contributed by atoms with Crippen molar-refractivity contribution in [2.24, 2.45) is 5.92 Å². The number of rotatable bonds is 5. The van der Waals surface area contributed by atoms with Crippen LogP contribution >= 0.6 is 0 Å². The molecule has 96 valence electrons. The number of nitrogen functional groups attached to an aromatic ring is 1. The summed E-state index contributed by atoms with van der Waals surface area (Å²) in [6, 6.07) is 2.92. The van der Waals surface area contributed by atoms with Crippen LogP contribution in [0.4, 0.5) is 5.82 Å². The average molecular weight is 257 g/mol. The Morgan fingerprint density at radius 2 is 2.12 bits per heavy atom. The molecule has 1 aromatic heterocycles. The fourth-order valence-corrected chi connectivity index (χ4v) is 3.13. The fourth-order valence-electron chi connectivity index (χ4n) is 1.58. The number of hydrogen-bond donors (Lipinski definition) is 2. The van der Waals surface area contributed by atoms with Crippen LogP contribution < -0.4 is 10.5 Å². The normalized spacial score (nSPS) is 13.9. The summed E-state index contributed by atoms with van der Waals surface area (Å²) in [6.45, 7) is 5.90. The Morgan fingerprint density at radius 1 is 1.47 bits per heavy atom. The maximum absolute atomic E-state index is 12.1. The van der Waals surface area contributed by atoms with Gasteiger partial charge in [0.25, 0.3) is 0 Å². The molecule has 0 aromatic carbocycles. The van der Waals surface area contributed by atoms with Crippen LogP contribution in [-0.2, 0) is 10.0 Å². The maximum atomic E-state index is 12.1. The molecule has 0 aliphatic carbocycles. The van der Waals surface area contributed by atoms with Crippen molar-refractivity contribution in [3.05, 3.63) is 18.3 Å². The molecule has 0 saturated carbocycles. The third-order valence-corrected chi connectivity index (χ3v) is 4.18. The minimum Gasteiger partial charge on any atom is -0.383 e. The zero-order chi connectivity index (χ0) is 13.1. The quantitative estimate of drug-likeness (QED) is 0.834. The van der Waals surface area contributed by atoms with Gasteiger partial charge in [0.1, 0.15) is 10.7 Å². The molecule has 0 radical (unpaired) electrons. The van der Waals surface area contributed by atoms with Gasteiger partial charge in [-0.1, -0.05) is 20.8 Å². The topological polar surface area (TPSA) is 85.1 Å². The first-order valence-electron chi connectivity index (χ1n) is 5.61. The fraction of sp³-hybridized carbons (Fsp3) is 0.545. The van der Waals surface area contributed by atoms with E-state index >= 15 is 0 Å². The van der Waals surface area contributed by atoms with Gasteiger partial charge < -0.3 is 5.73 Å². The van der Waals surface area contributed by atoms with Gasteiger partial charge in [0, 0.05) is 12.2 Å². The van der Waals surface area contributed by atoms with E-state index in [9.17, 15) is 8.42 Å². The Morgan fingerprint density at radius 3 is 2.59 bits per heavy atom. The molecule has 3 N–H and O–H groups in total. The van der Waals surface area contributed by atoms with E-state index in [1.807, 2.05) is 20.8 Å². The molecule has 0 fully saturated rings. The van der Waals surface area contributed by atoms with Crippen molar-refractivity contribution in [3.8, 4) is 0 Å². The Labute approximate surface area is 102 Å². The Balaban J connectivity index is 3.01. The molecule has 17 heavy (non-hydrogen) atoms. The van der Waals surface area contributed by atoms with Crippen molar-refractivity contribution in [3.63, 3.8) is 0 Å². The van der Waals surface area contributed by atoms with Crippen LogP contribution in [0.1, 0.15) is 27.2 Å². The molecule has 1 rings (SSSR count). The smallest absolute Gasteiger partial charge is 0.244 e. The third-order valence-electron chi connectivity index (χ3n) is 2.64. The number of pyridine rings is 1. The Kier molecular flexibility index (Phi) is 4.47. The van der Waals surface area contributed by atoms with Gasteiger partial charge >= 0.3 is 0 Å². The van der Waals surface area contributed by atoms with E-state index in [1.165, 1.54) is 12.3 Å². The minimum atomic E-state index is -3.58. The van der Waals surface area contributed by atoms with Crippen LogP contribution in [-0.4, -0.2) is 19.4 Å². The van der Waals surface area contributed by atoms with Gasteiger partial charge in [-0.2, -0.15) is 0 Å². The van der Waals surface area contributed by atoms with E-state index in [0.717, 1.165) is 6.42 Å². The first kappa shape index (κ1) is 13.9. The molecule has 1 aromatic rings. The predicted molar refractivity (Wildman–Crippen MR) is 67.9 cm³/mol. The van der Waals surface area contributed by atoms with Gasteiger partial charge in [0.2, 0.25) is 10.0 Å². The van der Waals surface area contributed by atoms with E-state index in [4.69, 9.17) is 5.73 Å². The standard InChI is InChI=1S/C11H19N3O2S/c1-4-9(8(2)3)14-17(15,16)10-6-5-7-13-11(10)12/h5-9,14H,4H2,1-3H3,(H2,12,13). The summed E-state index contributed by atoms with van der Waals surface area (Å²) in [4.78, 5) is 3.82. The van der Waals surface area contributed by atoms with Crippen molar-refractivity contribution < 1.29 is 8.42 Å². The van der Waals surface area contributed by atoms with Crippen LogP contribution in [0.2, 0.25) is 0 Å². The number of nitrogens with two attached hydrogens (primary N) is 1.